The summed E-state index contributed by atoms with van der Waals surface area (Å²) in [5.41, 5.74) is 0.499. The smallest absolute Gasteiger partial charge is 0.326 e. The molecular weight excluding hydrogens is 292 g/mol. The lowest BCUT2D eigenvalue weighted by atomic mass is 9.77. The first-order chi connectivity index (χ1) is 11.1. The second-order valence-electron chi connectivity index (χ2n) is 6.69. The Kier molecular flexibility index (Phi) is 4.96. The van der Waals surface area contributed by atoms with E-state index in [1.807, 2.05) is 6.07 Å². The Morgan fingerprint density at radius 3 is 2.70 bits per heavy atom. The lowest BCUT2D eigenvalue weighted by molar-refractivity contribution is -0.139. The highest BCUT2D eigenvalue weighted by atomic mass is 16.4. The summed E-state index contributed by atoms with van der Waals surface area (Å²) in [5, 5.41) is 15.7. The lowest BCUT2D eigenvalue weighted by Gasteiger charge is -2.29. The molecule has 1 saturated heterocycles. The molecule has 3 rings (SSSR count). The van der Waals surface area contributed by atoms with Gasteiger partial charge in [-0.3, -0.25) is 4.79 Å². The van der Waals surface area contributed by atoms with Crippen LogP contribution >= 0.6 is 0 Å². The highest BCUT2D eigenvalue weighted by Gasteiger charge is 2.39. The second-order valence-corrected chi connectivity index (χ2v) is 6.69. The van der Waals surface area contributed by atoms with Gasteiger partial charge in [0.05, 0.1) is 0 Å². The number of carbonyl (C=O) groups is 2. The van der Waals surface area contributed by atoms with Gasteiger partial charge in [0.15, 0.2) is 0 Å². The normalized spacial score (nSPS) is 27.9. The van der Waals surface area contributed by atoms with Gasteiger partial charge < -0.3 is 15.7 Å². The molecule has 1 saturated carbocycles. The first-order valence-corrected chi connectivity index (χ1v) is 8.47. The van der Waals surface area contributed by atoms with Crippen LogP contribution in [0.25, 0.3) is 0 Å². The summed E-state index contributed by atoms with van der Waals surface area (Å²) in [4.78, 5) is 23.8. The number of amides is 1. The lowest BCUT2D eigenvalue weighted by Crippen LogP contribution is -2.43. The molecule has 1 aromatic rings. The molecule has 1 aliphatic carbocycles. The first kappa shape index (κ1) is 16.0. The average molecular weight is 316 g/mol. The third-order valence-corrected chi connectivity index (χ3v) is 5.24. The highest BCUT2D eigenvalue weighted by molar-refractivity contribution is 5.96. The Hall–Kier alpha value is -1.88. The fourth-order valence-corrected chi connectivity index (χ4v) is 4.04. The van der Waals surface area contributed by atoms with Crippen LogP contribution in [0.3, 0.4) is 0 Å². The largest absolute Gasteiger partial charge is 0.480 e. The van der Waals surface area contributed by atoms with Crippen molar-refractivity contribution < 1.29 is 14.7 Å². The fourth-order valence-electron chi connectivity index (χ4n) is 4.04. The minimum Gasteiger partial charge on any atom is -0.480 e. The maximum Gasteiger partial charge on any atom is 0.326 e. The molecule has 0 radical (unpaired) electrons. The Morgan fingerprint density at radius 1 is 1.22 bits per heavy atom. The Labute approximate surface area is 136 Å². The number of aliphatic carboxylic acids is 1. The minimum absolute atomic E-state index is 0.316. The molecule has 2 fully saturated rings. The van der Waals surface area contributed by atoms with Gasteiger partial charge in [-0.2, -0.15) is 0 Å². The molecule has 124 valence electrons. The summed E-state index contributed by atoms with van der Waals surface area (Å²) < 4.78 is 0. The van der Waals surface area contributed by atoms with E-state index in [1.165, 1.54) is 25.7 Å². The number of rotatable bonds is 5. The summed E-state index contributed by atoms with van der Waals surface area (Å²) in [6.45, 7) is 0.861. The summed E-state index contributed by atoms with van der Waals surface area (Å²) >= 11 is 0. The average Bonchev–Trinajstić information content (AvgIpc) is 2.98. The molecule has 2 aliphatic rings. The maximum absolute atomic E-state index is 12.2. The summed E-state index contributed by atoms with van der Waals surface area (Å²) in [6.07, 6.45) is 5.35. The molecular formula is C18H24N2O3. The number of nitrogens with one attached hydrogen (secondary N) is 2. The van der Waals surface area contributed by atoms with Gasteiger partial charge in [-0.05, 0) is 49.8 Å². The van der Waals surface area contributed by atoms with Gasteiger partial charge in [0.25, 0.3) is 5.91 Å². The molecule has 0 spiro atoms. The van der Waals surface area contributed by atoms with Gasteiger partial charge in [0, 0.05) is 11.6 Å². The topological polar surface area (TPSA) is 78.4 Å². The van der Waals surface area contributed by atoms with Crippen molar-refractivity contribution in [2.24, 2.45) is 11.8 Å². The van der Waals surface area contributed by atoms with E-state index in [4.69, 9.17) is 0 Å². The van der Waals surface area contributed by atoms with Crippen molar-refractivity contribution in [3.8, 4) is 0 Å². The van der Waals surface area contributed by atoms with E-state index < -0.39 is 12.0 Å². The van der Waals surface area contributed by atoms with Crippen molar-refractivity contribution in [2.45, 2.75) is 44.2 Å². The van der Waals surface area contributed by atoms with Crippen molar-refractivity contribution in [2.75, 3.05) is 6.54 Å². The van der Waals surface area contributed by atoms with Crippen LogP contribution < -0.4 is 10.6 Å². The van der Waals surface area contributed by atoms with E-state index in [0.717, 1.165) is 6.54 Å². The number of hydrogen-bond acceptors (Lipinski definition) is 3. The second kappa shape index (κ2) is 7.13. The third kappa shape index (κ3) is 3.72. The van der Waals surface area contributed by atoms with Crippen LogP contribution in [0.4, 0.5) is 0 Å². The standard InChI is InChI=1S/C18H24N2O3/c21-17(12-6-2-1-3-7-12)20-16(18(22)23)10-13-11-19-15-9-5-4-8-14(13)15/h1-3,6-7,13-16,19H,4-5,8-11H2,(H,20,21)(H,22,23). The molecule has 1 aromatic carbocycles. The van der Waals surface area contributed by atoms with Crippen LogP contribution in [0.1, 0.15) is 42.5 Å². The Morgan fingerprint density at radius 2 is 1.96 bits per heavy atom. The third-order valence-electron chi connectivity index (χ3n) is 5.24. The highest BCUT2D eigenvalue weighted by Crippen LogP contribution is 2.36. The van der Waals surface area contributed by atoms with Crippen LogP contribution in [0.15, 0.2) is 30.3 Å². The number of carboxylic acid groups (broad SMARTS) is 1. The number of carboxylic acids is 1. The molecule has 0 bridgehead atoms. The number of hydrogen-bond donors (Lipinski definition) is 3. The minimum atomic E-state index is -0.950. The van der Waals surface area contributed by atoms with E-state index in [-0.39, 0.29) is 5.91 Å². The fraction of sp³-hybridized carbons (Fsp3) is 0.556. The molecule has 5 heteroatoms. The van der Waals surface area contributed by atoms with Crippen molar-refractivity contribution in [3.05, 3.63) is 35.9 Å². The molecule has 23 heavy (non-hydrogen) atoms. The predicted molar refractivity (Wildman–Crippen MR) is 87.2 cm³/mol. The molecule has 4 atom stereocenters. The van der Waals surface area contributed by atoms with Gasteiger partial charge in [0.1, 0.15) is 6.04 Å². The number of benzene rings is 1. The molecule has 0 aromatic heterocycles. The monoisotopic (exact) mass is 316 g/mol. The molecule has 1 heterocycles. The zero-order chi connectivity index (χ0) is 16.2. The summed E-state index contributed by atoms with van der Waals surface area (Å²) in [5.74, 6) is -0.380. The van der Waals surface area contributed by atoms with E-state index in [0.29, 0.717) is 29.9 Å². The van der Waals surface area contributed by atoms with E-state index in [1.54, 1.807) is 24.3 Å². The van der Waals surface area contributed by atoms with E-state index in [9.17, 15) is 14.7 Å². The van der Waals surface area contributed by atoms with Crippen LogP contribution in [0.5, 0.6) is 0 Å². The molecule has 3 N–H and O–H groups in total. The zero-order valence-electron chi connectivity index (χ0n) is 13.2. The van der Waals surface area contributed by atoms with Gasteiger partial charge >= 0.3 is 5.97 Å². The summed E-state index contributed by atoms with van der Waals surface area (Å²) in [7, 11) is 0. The zero-order valence-corrected chi connectivity index (χ0v) is 13.2. The van der Waals surface area contributed by atoms with Gasteiger partial charge in [-0.15, -0.1) is 0 Å². The van der Waals surface area contributed by atoms with Crippen LogP contribution in [0, 0.1) is 11.8 Å². The van der Waals surface area contributed by atoms with Gasteiger partial charge in [-0.25, -0.2) is 4.79 Å². The number of carbonyl (C=O) groups excluding carboxylic acids is 1. The molecule has 1 amide bonds. The van der Waals surface area contributed by atoms with Crippen molar-refractivity contribution in [3.63, 3.8) is 0 Å². The van der Waals surface area contributed by atoms with Crippen LogP contribution in [-0.2, 0) is 4.79 Å². The van der Waals surface area contributed by atoms with E-state index in [2.05, 4.69) is 10.6 Å². The quantitative estimate of drug-likeness (QED) is 0.777. The van der Waals surface area contributed by atoms with Gasteiger partial charge in [0.2, 0.25) is 0 Å². The van der Waals surface area contributed by atoms with Crippen LogP contribution in [0.2, 0.25) is 0 Å². The first-order valence-electron chi connectivity index (χ1n) is 8.47. The Balaban J connectivity index is 1.63. The van der Waals surface area contributed by atoms with Crippen molar-refractivity contribution >= 4 is 11.9 Å². The Bertz CT molecular complexity index is 561. The molecule has 5 nitrogen and oxygen atoms in total. The molecule has 4 unspecified atom stereocenters. The van der Waals surface area contributed by atoms with Crippen LogP contribution in [-0.4, -0.2) is 35.6 Å². The SMILES string of the molecule is O=C(NC(CC1CNC2CCCCC12)C(=O)O)c1ccccc1. The van der Waals surface area contributed by atoms with Gasteiger partial charge in [-0.1, -0.05) is 31.0 Å². The van der Waals surface area contributed by atoms with Crippen molar-refractivity contribution in [1.29, 1.82) is 0 Å². The maximum atomic E-state index is 12.2. The van der Waals surface area contributed by atoms with E-state index >= 15 is 0 Å². The molecule has 1 aliphatic heterocycles. The summed E-state index contributed by atoms with van der Waals surface area (Å²) in [6, 6.07) is 8.49. The van der Waals surface area contributed by atoms with Crippen molar-refractivity contribution in [1.82, 2.24) is 10.6 Å². The predicted octanol–water partition coefficient (Wildman–Crippen LogP) is 2.04. The number of fused-ring (bicyclic) bond motifs is 1.